The summed E-state index contributed by atoms with van der Waals surface area (Å²) in [6.45, 7) is 0. The van der Waals surface area contributed by atoms with E-state index in [1.807, 2.05) is 24.3 Å². The standard InChI is InChI=1S/C14H13FO2.CH4/c1-17-13-4-2-3-10(8-13)7-11-9-12(15)5-6-14(11)16;/h2-6,8-9,16H,7H2,1H3;1H4. The quantitative estimate of drug-likeness (QED) is 0.896. The van der Waals surface area contributed by atoms with Gasteiger partial charge in [-0.3, -0.25) is 0 Å². The second-order valence-corrected chi connectivity index (χ2v) is 3.80. The van der Waals surface area contributed by atoms with Crippen LogP contribution in [0.1, 0.15) is 18.6 Å². The van der Waals surface area contributed by atoms with Gasteiger partial charge in [-0.15, -0.1) is 0 Å². The van der Waals surface area contributed by atoms with Crippen LogP contribution in [-0.4, -0.2) is 12.2 Å². The molecule has 18 heavy (non-hydrogen) atoms. The average Bonchev–Trinajstić information content (AvgIpc) is 2.34. The zero-order chi connectivity index (χ0) is 12.3. The molecule has 0 aromatic heterocycles. The van der Waals surface area contributed by atoms with Crippen molar-refractivity contribution >= 4 is 0 Å². The Balaban J connectivity index is 0.00000162. The Morgan fingerprint density at radius 2 is 1.94 bits per heavy atom. The molecule has 0 aliphatic rings. The van der Waals surface area contributed by atoms with Crippen molar-refractivity contribution in [1.29, 1.82) is 0 Å². The molecule has 2 nitrogen and oxygen atoms in total. The van der Waals surface area contributed by atoms with Crippen LogP contribution in [0.3, 0.4) is 0 Å². The van der Waals surface area contributed by atoms with Gasteiger partial charge in [-0.05, 0) is 35.9 Å². The molecule has 0 saturated heterocycles. The number of benzene rings is 2. The normalized spacial score (nSPS) is 9.67. The van der Waals surface area contributed by atoms with E-state index in [0.717, 1.165) is 11.3 Å². The first-order valence-electron chi connectivity index (χ1n) is 5.29. The maximum absolute atomic E-state index is 13.1. The molecule has 0 radical (unpaired) electrons. The fraction of sp³-hybridized carbons (Fsp3) is 0.200. The van der Waals surface area contributed by atoms with Crippen molar-refractivity contribution in [2.75, 3.05) is 7.11 Å². The molecular formula is C15H17FO2. The van der Waals surface area contributed by atoms with E-state index in [0.29, 0.717) is 12.0 Å². The lowest BCUT2D eigenvalue weighted by Crippen LogP contribution is -1.91. The summed E-state index contributed by atoms with van der Waals surface area (Å²) in [5.41, 5.74) is 1.53. The van der Waals surface area contributed by atoms with Gasteiger partial charge in [-0.2, -0.15) is 0 Å². The third-order valence-electron chi connectivity index (χ3n) is 2.57. The third-order valence-corrected chi connectivity index (χ3v) is 2.57. The maximum Gasteiger partial charge on any atom is 0.123 e. The Kier molecular flexibility index (Phi) is 4.72. The highest BCUT2D eigenvalue weighted by Crippen LogP contribution is 2.23. The van der Waals surface area contributed by atoms with E-state index < -0.39 is 0 Å². The van der Waals surface area contributed by atoms with Gasteiger partial charge in [0, 0.05) is 12.0 Å². The number of rotatable bonds is 3. The lowest BCUT2D eigenvalue weighted by Gasteiger charge is -2.06. The molecular weight excluding hydrogens is 231 g/mol. The number of hydrogen-bond donors (Lipinski definition) is 1. The number of phenols is 1. The van der Waals surface area contributed by atoms with E-state index in [9.17, 15) is 9.50 Å². The van der Waals surface area contributed by atoms with Crippen LogP contribution in [-0.2, 0) is 6.42 Å². The lowest BCUT2D eigenvalue weighted by atomic mass is 10.0. The van der Waals surface area contributed by atoms with Gasteiger partial charge in [-0.25, -0.2) is 4.39 Å². The largest absolute Gasteiger partial charge is 0.508 e. The zero-order valence-electron chi connectivity index (χ0n) is 9.48. The summed E-state index contributed by atoms with van der Waals surface area (Å²) in [4.78, 5) is 0. The smallest absolute Gasteiger partial charge is 0.123 e. The number of hydrogen-bond acceptors (Lipinski definition) is 2. The SMILES string of the molecule is C.COc1cccc(Cc2cc(F)ccc2O)c1. The van der Waals surface area contributed by atoms with Crippen LogP contribution in [0.4, 0.5) is 4.39 Å². The highest BCUT2D eigenvalue weighted by molar-refractivity contribution is 5.38. The average molecular weight is 248 g/mol. The molecule has 0 spiro atoms. The van der Waals surface area contributed by atoms with E-state index >= 15 is 0 Å². The van der Waals surface area contributed by atoms with Gasteiger partial charge in [0.05, 0.1) is 7.11 Å². The van der Waals surface area contributed by atoms with Gasteiger partial charge in [0.15, 0.2) is 0 Å². The summed E-state index contributed by atoms with van der Waals surface area (Å²) >= 11 is 0. The van der Waals surface area contributed by atoms with E-state index in [1.54, 1.807) is 7.11 Å². The van der Waals surface area contributed by atoms with Crippen LogP contribution in [0.5, 0.6) is 11.5 Å². The first-order chi connectivity index (χ1) is 8.19. The predicted molar refractivity (Wildman–Crippen MR) is 70.6 cm³/mol. The van der Waals surface area contributed by atoms with Crippen LogP contribution in [0.25, 0.3) is 0 Å². The van der Waals surface area contributed by atoms with Gasteiger partial charge in [0.2, 0.25) is 0 Å². The number of phenolic OH excluding ortho intramolecular Hbond substituents is 1. The van der Waals surface area contributed by atoms with Gasteiger partial charge >= 0.3 is 0 Å². The fourth-order valence-corrected chi connectivity index (χ4v) is 1.70. The Bertz CT molecular complexity index is 524. The summed E-state index contributed by atoms with van der Waals surface area (Å²) in [7, 11) is 1.60. The van der Waals surface area contributed by atoms with Crippen LogP contribution < -0.4 is 4.74 Å². The summed E-state index contributed by atoms with van der Waals surface area (Å²) < 4.78 is 18.2. The Morgan fingerprint density at radius 1 is 1.17 bits per heavy atom. The molecule has 0 fully saturated rings. The predicted octanol–water partition coefficient (Wildman–Crippen LogP) is 3.77. The second kappa shape index (κ2) is 6.05. The third kappa shape index (κ3) is 3.23. The fourth-order valence-electron chi connectivity index (χ4n) is 1.70. The monoisotopic (exact) mass is 248 g/mol. The first-order valence-corrected chi connectivity index (χ1v) is 5.29. The topological polar surface area (TPSA) is 29.5 Å². The highest BCUT2D eigenvalue weighted by Gasteiger charge is 2.05. The molecule has 0 saturated carbocycles. The zero-order valence-corrected chi connectivity index (χ0v) is 9.48. The maximum atomic E-state index is 13.1. The number of aromatic hydroxyl groups is 1. The number of halogens is 1. The molecule has 0 atom stereocenters. The van der Waals surface area contributed by atoms with Crippen molar-refractivity contribution in [3.05, 3.63) is 59.4 Å². The van der Waals surface area contributed by atoms with E-state index in [-0.39, 0.29) is 19.0 Å². The lowest BCUT2D eigenvalue weighted by molar-refractivity contribution is 0.414. The molecule has 0 aliphatic heterocycles. The van der Waals surface area contributed by atoms with Crippen molar-refractivity contribution in [3.8, 4) is 11.5 Å². The van der Waals surface area contributed by atoms with Crippen molar-refractivity contribution < 1.29 is 14.2 Å². The molecule has 96 valence electrons. The number of ether oxygens (including phenoxy) is 1. The number of methoxy groups -OCH3 is 1. The van der Waals surface area contributed by atoms with Crippen LogP contribution >= 0.6 is 0 Å². The minimum Gasteiger partial charge on any atom is -0.508 e. The summed E-state index contributed by atoms with van der Waals surface area (Å²) in [5, 5.41) is 9.62. The van der Waals surface area contributed by atoms with Crippen LogP contribution in [0.15, 0.2) is 42.5 Å². The Labute approximate surface area is 107 Å². The summed E-state index contributed by atoms with van der Waals surface area (Å²) in [5.74, 6) is 0.508. The van der Waals surface area contributed by atoms with Crippen molar-refractivity contribution in [2.45, 2.75) is 13.8 Å². The summed E-state index contributed by atoms with van der Waals surface area (Å²) in [6.07, 6.45) is 0.473. The van der Waals surface area contributed by atoms with Gasteiger partial charge in [-0.1, -0.05) is 19.6 Å². The van der Waals surface area contributed by atoms with E-state index in [4.69, 9.17) is 4.74 Å². The summed E-state index contributed by atoms with van der Waals surface area (Å²) in [6, 6.07) is 11.4. The minimum atomic E-state index is -0.347. The van der Waals surface area contributed by atoms with E-state index in [2.05, 4.69) is 0 Å². The van der Waals surface area contributed by atoms with Crippen molar-refractivity contribution in [3.63, 3.8) is 0 Å². The van der Waals surface area contributed by atoms with Crippen LogP contribution in [0, 0.1) is 5.82 Å². The van der Waals surface area contributed by atoms with Gasteiger partial charge < -0.3 is 9.84 Å². The molecule has 0 bridgehead atoms. The molecule has 2 rings (SSSR count). The van der Waals surface area contributed by atoms with Gasteiger partial charge in [0.1, 0.15) is 17.3 Å². The van der Waals surface area contributed by atoms with E-state index in [1.165, 1.54) is 18.2 Å². The second-order valence-electron chi connectivity index (χ2n) is 3.80. The van der Waals surface area contributed by atoms with Crippen molar-refractivity contribution in [1.82, 2.24) is 0 Å². The molecule has 2 aromatic carbocycles. The molecule has 0 aliphatic carbocycles. The molecule has 0 amide bonds. The Hall–Kier alpha value is -2.03. The van der Waals surface area contributed by atoms with Crippen LogP contribution in [0.2, 0.25) is 0 Å². The first kappa shape index (κ1) is 14.0. The minimum absolute atomic E-state index is 0. The molecule has 2 aromatic rings. The van der Waals surface area contributed by atoms with Crippen molar-refractivity contribution in [2.24, 2.45) is 0 Å². The molecule has 0 unspecified atom stereocenters. The highest BCUT2D eigenvalue weighted by atomic mass is 19.1. The molecule has 1 N–H and O–H groups in total. The Morgan fingerprint density at radius 3 is 2.67 bits per heavy atom. The van der Waals surface area contributed by atoms with Gasteiger partial charge in [0.25, 0.3) is 0 Å². The molecule has 3 heteroatoms. The molecule has 0 heterocycles.